The fourth-order valence-corrected chi connectivity index (χ4v) is 4.72. The maximum atomic E-state index is 6.35. The van der Waals surface area contributed by atoms with Crippen molar-refractivity contribution in [2.75, 3.05) is 13.2 Å². The highest BCUT2D eigenvalue weighted by Crippen LogP contribution is 2.23. The van der Waals surface area contributed by atoms with Crippen LogP contribution in [0.3, 0.4) is 0 Å². The molecule has 0 amide bonds. The molecule has 1 aliphatic rings. The molecule has 2 nitrogen and oxygen atoms in total. The second kappa shape index (κ2) is 18.7. The zero-order valence-corrected chi connectivity index (χ0v) is 20.5. The fourth-order valence-electron chi connectivity index (χ4n) is 4.72. The van der Waals surface area contributed by atoms with Crippen molar-refractivity contribution in [1.82, 2.24) is 0 Å². The van der Waals surface area contributed by atoms with Gasteiger partial charge in [0.25, 0.3) is 0 Å². The lowest BCUT2D eigenvalue weighted by Crippen LogP contribution is -2.15. The summed E-state index contributed by atoms with van der Waals surface area (Å²) in [6.45, 7) is 4.97. The second-order valence-corrected chi connectivity index (χ2v) is 9.76. The normalized spacial score (nSPS) is 17.3. The Morgan fingerprint density at radius 3 is 2.00 bits per heavy atom. The van der Waals surface area contributed by atoms with Gasteiger partial charge in [-0.15, -0.1) is 0 Å². The molecule has 0 bridgehead atoms. The summed E-state index contributed by atoms with van der Waals surface area (Å²) in [4.78, 5) is 0. The van der Waals surface area contributed by atoms with Gasteiger partial charge in [0.1, 0.15) is 0 Å². The standard InChI is InChI=1S/C29H50O2/c1-2-3-4-5-6-7-8-9-10-11-12-13-17-20-29(22-21-28-23-24-30-25-28)31-26-27-18-15-14-16-19-27/h14-16,18-19,28-29H,2-13,17,20-26H2,1H3. The van der Waals surface area contributed by atoms with Crippen LogP contribution in [0.5, 0.6) is 0 Å². The Hall–Kier alpha value is -0.860. The Bertz CT molecular complexity index is 495. The fraction of sp³-hybridized carbons (Fsp3) is 0.793. The largest absolute Gasteiger partial charge is 0.381 e. The van der Waals surface area contributed by atoms with Crippen molar-refractivity contribution in [1.29, 1.82) is 0 Å². The van der Waals surface area contributed by atoms with Crippen molar-refractivity contribution in [2.24, 2.45) is 5.92 Å². The van der Waals surface area contributed by atoms with Crippen molar-refractivity contribution < 1.29 is 9.47 Å². The third-order valence-electron chi connectivity index (χ3n) is 6.88. The summed E-state index contributed by atoms with van der Waals surface area (Å²) in [6, 6.07) is 10.6. The zero-order chi connectivity index (χ0) is 21.8. The highest BCUT2D eigenvalue weighted by Gasteiger charge is 2.18. The lowest BCUT2D eigenvalue weighted by atomic mass is 9.97. The van der Waals surface area contributed by atoms with E-state index in [1.54, 1.807) is 0 Å². The molecule has 1 aliphatic heterocycles. The van der Waals surface area contributed by atoms with Gasteiger partial charge in [-0.3, -0.25) is 0 Å². The van der Waals surface area contributed by atoms with E-state index < -0.39 is 0 Å². The third kappa shape index (κ3) is 14.0. The molecule has 1 heterocycles. The first kappa shape index (κ1) is 26.4. The van der Waals surface area contributed by atoms with Gasteiger partial charge in [0.2, 0.25) is 0 Å². The van der Waals surface area contributed by atoms with Crippen LogP contribution in [0.15, 0.2) is 30.3 Å². The number of hydrogen-bond acceptors (Lipinski definition) is 2. The van der Waals surface area contributed by atoms with Gasteiger partial charge in [0.05, 0.1) is 12.7 Å². The molecule has 2 heteroatoms. The third-order valence-corrected chi connectivity index (χ3v) is 6.88. The molecule has 0 radical (unpaired) electrons. The first-order chi connectivity index (χ1) is 15.4. The van der Waals surface area contributed by atoms with E-state index in [4.69, 9.17) is 9.47 Å². The summed E-state index contributed by atoms with van der Waals surface area (Å²) in [5, 5.41) is 0. The molecule has 1 fully saturated rings. The Balaban J connectivity index is 1.49. The summed E-state index contributed by atoms with van der Waals surface area (Å²) in [5.74, 6) is 0.759. The van der Waals surface area contributed by atoms with E-state index in [0.717, 1.165) is 25.7 Å². The molecule has 0 aliphatic carbocycles. The molecular formula is C29H50O2. The highest BCUT2D eigenvalue weighted by molar-refractivity contribution is 5.13. The average Bonchev–Trinajstić information content (AvgIpc) is 3.32. The molecule has 0 saturated carbocycles. The molecule has 0 spiro atoms. The molecule has 2 atom stereocenters. The van der Waals surface area contributed by atoms with Crippen LogP contribution in [0.4, 0.5) is 0 Å². The van der Waals surface area contributed by atoms with Crippen LogP contribution in [0.25, 0.3) is 0 Å². The van der Waals surface area contributed by atoms with E-state index in [0.29, 0.717) is 6.10 Å². The maximum Gasteiger partial charge on any atom is 0.0720 e. The van der Waals surface area contributed by atoms with Gasteiger partial charge in [0, 0.05) is 13.2 Å². The average molecular weight is 431 g/mol. The minimum Gasteiger partial charge on any atom is -0.381 e. The molecule has 2 rings (SSSR count). The molecule has 2 unspecified atom stereocenters. The van der Waals surface area contributed by atoms with Gasteiger partial charge < -0.3 is 9.47 Å². The predicted octanol–water partition coefficient (Wildman–Crippen LogP) is 8.87. The second-order valence-electron chi connectivity index (χ2n) is 9.76. The molecule has 0 N–H and O–H groups in total. The first-order valence-electron chi connectivity index (χ1n) is 13.6. The van der Waals surface area contributed by atoms with Crippen LogP contribution in [-0.2, 0) is 16.1 Å². The van der Waals surface area contributed by atoms with Crippen molar-refractivity contribution in [2.45, 2.75) is 129 Å². The Kier molecular flexibility index (Phi) is 15.9. The van der Waals surface area contributed by atoms with E-state index in [9.17, 15) is 0 Å². The van der Waals surface area contributed by atoms with E-state index in [2.05, 4.69) is 37.3 Å². The Labute approximate surface area is 193 Å². The van der Waals surface area contributed by atoms with Crippen LogP contribution in [0.1, 0.15) is 122 Å². The quantitative estimate of drug-likeness (QED) is 0.192. The van der Waals surface area contributed by atoms with Gasteiger partial charge in [-0.1, -0.05) is 121 Å². The van der Waals surface area contributed by atoms with Crippen molar-refractivity contribution >= 4 is 0 Å². The van der Waals surface area contributed by atoms with Crippen LogP contribution in [0, 0.1) is 5.92 Å². The predicted molar refractivity (Wildman–Crippen MR) is 133 cm³/mol. The molecule has 1 aromatic rings. The minimum atomic E-state index is 0.411. The monoisotopic (exact) mass is 430 g/mol. The van der Waals surface area contributed by atoms with Crippen molar-refractivity contribution in [3.63, 3.8) is 0 Å². The molecule has 1 saturated heterocycles. The van der Waals surface area contributed by atoms with Gasteiger partial charge >= 0.3 is 0 Å². The number of benzene rings is 1. The minimum absolute atomic E-state index is 0.411. The lowest BCUT2D eigenvalue weighted by Gasteiger charge is -2.19. The van der Waals surface area contributed by atoms with Gasteiger partial charge in [0.15, 0.2) is 0 Å². The summed E-state index contributed by atoms with van der Waals surface area (Å²) in [5.41, 5.74) is 1.29. The topological polar surface area (TPSA) is 18.5 Å². The number of hydrogen-bond donors (Lipinski definition) is 0. The number of unbranched alkanes of at least 4 members (excludes halogenated alkanes) is 12. The zero-order valence-electron chi connectivity index (χ0n) is 20.5. The smallest absolute Gasteiger partial charge is 0.0720 e. The highest BCUT2D eigenvalue weighted by atomic mass is 16.5. The molecule has 178 valence electrons. The number of rotatable bonds is 20. The first-order valence-corrected chi connectivity index (χ1v) is 13.6. The van der Waals surface area contributed by atoms with E-state index in [-0.39, 0.29) is 0 Å². The number of ether oxygens (including phenoxy) is 2. The van der Waals surface area contributed by atoms with Crippen molar-refractivity contribution in [3.8, 4) is 0 Å². The molecular weight excluding hydrogens is 380 g/mol. The summed E-state index contributed by atoms with van der Waals surface area (Å²) < 4.78 is 11.9. The molecule has 0 aromatic heterocycles. The van der Waals surface area contributed by atoms with Crippen LogP contribution >= 0.6 is 0 Å². The lowest BCUT2D eigenvalue weighted by molar-refractivity contribution is 0.0233. The Morgan fingerprint density at radius 2 is 1.42 bits per heavy atom. The van der Waals surface area contributed by atoms with Gasteiger partial charge in [-0.25, -0.2) is 0 Å². The van der Waals surface area contributed by atoms with Gasteiger partial charge in [-0.2, -0.15) is 0 Å². The van der Waals surface area contributed by atoms with Crippen molar-refractivity contribution in [3.05, 3.63) is 35.9 Å². The van der Waals surface area contributed by atoms with Crippen LogP contribution < -0.4 is 0 Å². The SMILES string of the molecule is CCCCCCCCCCCCCCCC(CCC1CCOC1)OCc1ccccc1. The van der Waals surface area contributed by atoms with E-state index in [1.807, 2.05) is 0 Å². The van der Waals surface area contributed by atoms with E-state index in [1.165, 1.54) is 115 Å². The molecule has 31 heavy (non-hydrogen) atoms. The molecule has 1 aromatic carbocycles. The van der Waals surface area contributed by atoms with E-state index >= 15 is 0 Å². The van der Waals surface area contributed by atoms with Gasteiger partial charge in [-0.05, 0) is 37.2 Å². The maximum absolute atomic E-state index is 6.35. The summed E-state index contributed by atoms with van der Waals surface area (Å²) >= 11 is 0. The van der Waals surface area contributed by atoms with Crippen LogP contribution in [-0.4, -0.2) is 19.3 Å². The summed E-state index contributed by atoms with van der Waals surface area (Å²) in [6.07, 6.45) is 23.8. The summed E-state index contributed by atoms with van der Waals surface area (Å²) in [7, 11) is 0. The Morgan fingerprint density at radius 1 is 0.806 bits per heavy atom. The van der Waals surface area contributed by atoms with Crippen LogP contribution in [0.2, 0.25) is 0 Å².